The Hall–Kier alpha value is -2.97. The molecule has 2 aromatic rings. The fraction of sp³-hybridized carbons (Fsp3) is 0.333. The monoisotopic (exact) mass is 432 g/mol. The average molecular weight is 433 g/mol. The van der Waals surface area contributed by atoms with Crippen molar-refractivity contribution in [3.8, 4) is 5.75 Å². The van der Waals surface area contributed by atoms with Gasteiger partial charge in [0, 0.05) is 49.1 Å². The average Bonchev–Trinajstić information content (AvgIpc) is 2.73. The van der Waals surface area contributed by atoms with Gasteiger partial charge in [0.25, 0.3) is 0 Å². The van der Waals surface area contributed by atoms with Crippen LogP contribution in [0.4, 0.5) is 16.2 Å². The molecule has 8 nitrogen and oxygen atoms in total. The molecule has 160 valence electrons. The Morgan fingerprint density at radius 3 is 2.40 bits per heavy atom. The van der Waals surface area contributed by atoms with Crippen LogP contribution >= 0.6 is 11.6 Å². The van der Waals surface area contributed by atoms with Gasteiger partial charge >= 0.3 is 12.0 Å². The van der Waals surface area contributed by atoms with Gasteiger partial charge in [-0.1, -0.05) is 11.6 Å². The summed E-state index contributed by atoms with van der Waals surface area (Å²) in [6, 6.07) is 11.4. The summed E-state index contributed by atoms with van der Waals surface area (Å²) in [5, 5.41) is 24.6. The summed E-state index contributed by atoms with van der Waals surface area (Å²) in [4.78, 5) is 27.7. The van der Waals surface area contributed by atoms with E-state index in [4.69, 9.17) is 16.7 Å². The number of carboxylic acids is 1. The standard InChI is InChI=1S/C21H25ClN4O4/c22-15-2-5-17(6-3-15)26-12-10-25(11-13-26)9-1-8-23-21(30)24-16-4-7-19(27)18(14-16)20(28)29/h2-7,14,27H,1,8-13H2,(H,28,29)(H2,23,24,30). The van der Waals surface area contributed by atoms with Crippen LogP contribution in [-0.2, 0) is 0 Å². The third-order valence-corrected chi connectivity index (χ3v) is 5.24. The highest BCUT2D eigenvalue weighted by Gasteiger charge is 2.17. The SMILES string of the molecule is O=C(NCCCN1CCN(c2ccc(Cl)cc2)CC1)Nc1ccc(O)c(C(=O)O)c1. The van der Waals surface area contributed by atoms with Gasteiger partial charge in [0.05, 0.1) is 0 Å². The molecule has 0 aromatic heterocycles. The van der Waals surface area contributed by atoms with E-state index in [1.54, 1.807) is 0 Å². The second kappa shape index (κ2) is 10.2. The Labute approximate surface area is 180 Å². The number of hydrogen-bond acceptors (Lipinski definition) is 5. The van der Waals surface area contributed by atoms with Gasteiger partial charge < -0.3 is 25.7 Å². The molecule has 9 heteroatoms. The van der Waals surface area contributed by atoms with Gasteiger partial charge in [-0.15, -0.1) is 0 Å². The summed E-state index contributed by atoms with van der Waals surface area (Å²) in [5.41, 5.74) is 1.23. The molecule has 30 heavy (non-hydrogen) atoms. The van der Waals surface area contributed by atoms with E-state index in [9.17, 15) is 14.7 Å². The van der Waals surface area contributed by atoms with Crippen molar-refractivity contribution in [1.82, 2.24) is 10.2 Å². The predicted octanol–water partition coefficient (Wildman–Crippen LogP) is 3.08. The minimum absolute atomic E-state index is 0.259. The van der Waals surface area contributed by atoms with Crippen LogP contribution in [0.15, 0.2) is 42.5 Å². The highest BCUT2D eigenvalue weighted by atomic mass is 35.5. The van der Waals surface area contributed by atoms with E-state index in [1.807, 2.05) is 24.3 Å². The summed E-state index contributed by atoms with van der Waals surface area (Å²) < 4.78 is 0. The van der Waals surface area contributed by atoms with E-state index >= 15 is 0 Å². The molecule has 0 aliphatic carbocycles. The minimum atomic E-state index is -1.26. The van der Waals surface area contributed by atoms with Gasteiger partial charge in [-0.2, -0.15) is 0 Å². The maximum Gasteiger partial charge on any atom is 0.339 e. The summed E-state index contributed by atoms with van der Waals surface area (Å²) in [7, 11) is 0. The molecule has 1 heterocycles. The van der Waals surface area contributed by atoms with E-state index in [1.165, 1.54) is 23.9 Å². The molecule has 0 unspecified atom stereocenters. The molecule has 1 aliphatic heterocycles. The number of aromatic hydroxyl groups is 1. The zero-order valence-corrected chi connectivity index (χ0v) is 17.2. The van der Waals surface area contributed by atoms with Crippen molar-refractivity contribution in [3.63, 3.8) is 0 Å². The predicted molar refractivity (Wildman–Crippen MR) is 117 cm³/mol. The van der Waals surface area contributed by atoms with Crippen molar-refractivity contribution in [2.45, 2.75) is 6.42 Å². The van der Waals surface area contributed by atoms with Crippen LogP contribution in [0.1, 0.15) is 16.8 Å². The van der Waals surface area contributed by atoms with Crippen molar-refractivity contribution in [1.29, 1.82) is 0 Å². The van der Waals surface area contributed by atoms with E-state index in [0.29, 0.717) is 12.2 Å². The quantitative estimate of drug-likeness (QED) is 0.396. The van der Waals surface area contributed by atoms with Crippen LogP contribution in [0, 0.1) is 0 Å². The first kappa shape index (κ1) is 21.7. The Kier molecular flexibility index (Phi) is 7.37. The lowest BCUT2D eigenvalue weighted by molar-refractivity contribution is 0.0693. The molecule has 0 spiro atoms. The Morgan fingerprint density at radius 1 is 1.03 bits per heavy atom. The first-order valence-corrected chi connectivity index (χ1v) is 10.1. The molecule has 2 amide bonds. The third kappa shape index (κ3) is 6.01. The summed E-state index contributed by atoms with van der Waals surface area (Å²) in [5.74, 6) is -1.60. The summed E-state index contributed by atoms with van der Waals surface area (Å²) in [6.07, 6.45) is 0.810. The van der Waals surface area contributed by atoms with E-state index in [2.05, 4.69) is 20.4 Å². The van der Waals surface area contributed by atoms with E-state index in [-0.39, 0.29) is 11.3 Å². The second-order valence-electron chi connectivity index (χ2n) is 7.08. The minimum Gasteiger partial charge on any atom is -0.507 e. The van der Waals surface area contributed by atoms with Gasteiger partial charge in [-0.05, 0) is 55.4 Å². The van der Waals surface area contributed by atoms with Gasteiger partial charge in [-0.3, -0.25) is 4.90 Å². The maximum absolute atomic E-state index is 12.0. The van der Waals surface area contributed by atoms with Gasteiger partial charge in [0.2, 0.25) is 0 Å². The van der Waals surface area contributed by atoms with Crippen LogP contribution in [0.5, 0.6) is 5.75 Å². The number of carbonyl (C=O) groups excluding carboxylic acids is 1. The summed E-state index contributed by atoms with van der Waals surface area (Å²) >= 11 is 5.94. The Morgan fingerprint density at radius 2 is 1.73 bits per heavy atom. The number of nitrogens with zero attached hydrogens (tertiary/aromatic N) is 2. The fourth-order valence-corrected chi connectivity index (χ4v) is 3.47. The number of aromatic carboxylic acids is 1. The van der Waals surface area contributed by atoms with Crippen molar-refractivity contribution in [3.05, 3.63) is 53.1 Å². The molecule has 4 N–H and O–H groups in total. The van der Waals surface area contributed by atoms with Crippen LogP contribution in [0.25, 0.3) is 0 Å². The number of halogens is 1. The first-order chi connectivity index (χ1) is 14.4. The lowest BCUT2D eigenvalue weighted by Gasteiger charge is -2.36. The van der Waals surface area contributed by atoms with Crippen molar-refractivity contribution in [2.24, 2.45) is 0 Å². The maximum atomic E-state index is 12.0. The molecule has 1 aliphatic rings. The van der Waals surface area contributed by atoms with E-state index < -0.39 is 12.0 Å². The normalized spacial score (nSPS) is 14.4. The molecular weight excluding hydrogens is 408 g/mol. The number of rotatable bonds is 7. The fourth-order valence-electron chi connectivity index (χ4n) is 3.35. The number of carbonyl (C=O) groups is 2. The molecule has 0 bridgehead atoms. The number of anilines is 2. The van der Waals surface area contributed by atoms with E-state index in [0.717, 1.165) is 44.2 Å². The number of benzene rings is 2. The zero-order valence-electron chi connectivity index (χ0n) is 16.5. The molecule has 0 atom stereocenters. The number of hydrogen-bond donors (Lipinski definition) is 4. The highest BCUT2D eigenvalue weighted by molar-refractivity contribution is 6.30. The molecular formula is C21H25ClN4O4. The third-order valence-electron chi connectivity index (χ3n) is 4.99. The van der Waals surface area contributed by atoms with Crippen LogP contribution < -0.4 is 15.5 Å². The molecule has 3 rings (SSSR count). The van der Waals surface area contributed by atoms with Crippen molar-refractivity contribution in [2.75, 3.05) is 49.5 Å². The number of nitrogens with one attached hydrogen (secondary N) is 2. The molecule has 0 saturated carbocycles. The van der Waals surface area contributed by atoms with Crippen LogP contribution in [-0.4, -0.2) is 66.4 Å². The Balaban J connectivity index is 1.34. The Bertz CT molecular complexity index is 883. The summed E-state index contributed by atoms with van der Waals surface area (Å²) in [6.45, 7) is 5.20. The number of amides is 2. The largest absolute Gasteiger partial charge is 0.507 e. The molecule has 1 fully saturated rings. The van der Waals surface area contributed by atoms with Crippen LogP contribution in [0.2, 0.25) is 5.02 Å². The molecule has 0 radical (unpaired) electrons. The molecule has 1 saturated heterocycles. The van der Waals surface area contributed by atoms with Gasteiger partial charge in [0.1, 0.15) is 11.3 Å². The van der Waals surface area contributed by atoms with Crippen LogP contribution in [0.3, 0.4) is 0 Å². The number of urea groups is 1. The van der Waals surface area contributed by atoms with Gasteiger partial charge in [0.15, 0.2) is 0 Å². The highest BCUT2D eigenvalue weighted by Crippen LogP contribution is 2.21. The zero-order chi connectivity index (χ0) is 21.5. The number of piperazine rings is 1. The smallest absolute Gasteiger partial charge is 0.339 e. The number of phenols is 1. The first-order valence-electron chi connectivity index (χ1n) is 9.76. The molecule has 2 aromatic carbocycles. The van der Waals surface area contributed by atoms with Crippen molar-refractivity contribution < 1.29 is 19.8 Å². The van der Waals surface area contributed by atoms with Crippen molar-refractivity contribution >= 4 is 35.0 Å². The lowest BCUT2D eigenvalue weighted by atomic mass is 10.2. The second-order valence-corrected chi connectivity index (χ2v) is 7.51. The van der Waals surface area contributed by atoms with Gasteiger partial charge in [-0.25, -0.2) is 9.59 Å². The number of carboxylic acid groups (broad SMARTS) is 1. The topological polar surface area (TPSA) is 105 Å². The lowest BCUT2D eigenvalue weighted by Crippen LogP contribution is -2.47.